The van der Waals surface area contributed by atoms with Gasteiger partial charge in [-0.25, -0.2) is 0 Å². The van der Waals surface area contributed by atoms with Crippen LogP contribution in [0.25, 0.3) is 0 Å². The summed E-state index contributed by atoms with van der Waals surface area (Å²) in [4.78, 5) is 2.51. The van der Waals surface area contributed by atoms with Gasteiger partial charge in [0, 0.05) is 18.5 Å². The van der Waals surface area contributed by atoms with Gasteiger partial charge >= 0.3 is 0 Å². The SMILES string of the molecule is CCCCN(CCOCCCl)C(C)CC. The van der Waals surface area contributed by atoms with Crippen LogP contribution in [0.1, 0.15) is 40.0 Å². The van der Waals surface area contributed by atoms with Gasteiger partial charge in [-0.2, -0.15) is 0 Å². The van der Waals surface area contributed by atoms with Gasteiger partial charge in [0.25, 0.3) is 0 Å². The van der Waals surface area contributed by atoms with Crippen molar-refractivity contribution in [2.24, 2.45) is 0 Å². The Balaban J connectivity index is 3.69. The normalized spacial score (nSPS) is 13.4. The minimum atomic E-state index is 0.596. The van der Waals surface area contributed by atoms with E-state index in [1.165, 1.54) is 25.8 Å². The van der Waals surface area contributed by atoms with Gasteiger partial charge < -0.3 is 4.74 Å². The largest absolute Gasteiger partial charge is 0.379 e. The molecule has 0 saturated heterocycles. The molecule has 1 atom stereocenters. The van der Waals surface area contributed by atoms with Gasteiger partial charge in [0.1, 0.15) is 0 Å². The second-order valence-electron chi connectivity index (χ2n) is 3.95. The Morgan fingerprint density at radius 3 is 2.47 bits per heavy atom. The molecule has 0 rings (SSSR count). The Kier molecular flexibility index (Phi) is 10.9. The highest BCUT2D eigenvalue weighted by Gasteiger charge is 2.10. The van der Waals surface area contributed by atoms with E-state index in [0.717, 1.165) is 13.2 Å². The highest BCUT2D eigenvalue weighted by atomic mass is 35.5. The van der Waals surface area contributed by atoms with E-state index >= 15 is 0 Å². The summed E-state index contributed by atoms with van der Waals surface area (Å²) < 4.78 is 5.41. The standard InChI is InChI=1S/C12H26ClNO/c1-4-6-8-14(12(3)5-2)9-11-15-10-7-13/h12H,4-11H2,1-3H3. The minimum absolute atomic E-state index is 0.596. The van der Waals surface area contributed by atoms with Crippen molar-refractivity contribution in [3.05, 3.63) is 0 Å². The molecule has 0 spiro atoms. The molecule has 0 aromatic carbocycles. The summed E-state index contributed by atoms with van der Waals surface area (Å²) >= 11 is 5.55. The molecule has 15 heavy (non-hydrogen) atoms. The van der Waals surface area contributed by atoms with Crippen molar-refractivity contribution in [1.82, 2.24) is 4.90 Å². The summed E-state index contributed by atoms with van der Waals surface area (Å²) in [6, 6.07) is 0.663. The Hall–Kier alpha value is 0.210. The second kappa shape index (κ2) is 10.7. The summed E-state index contributed by atoms with van der Waals surface area (Å²) in [6.07, 6.45) is 3.74. The van der Waals surface area contributed by atoms with Gasteiger partial charge in [0.15, 0.2) is 0 Å². The van der Waals surface area contributed by atoms with Gasteiger partial charge in [-0.3, -0.25) is 4.90 Å². The van der Waals surface area contributed by atoms with Gasteiger partial charge in [-0.1, -0.05) is 20.3 Å². The number of hydrogen-bond donors (Lipinski definition) is 0. The summed E-state index contributed by atoms with van der Waals surface area (Å²) in [5.41, 5.74) is 0. The van der Waals surface area contributed by atoms with Gasteiger partial charge in [0.2, 0.25) is 0 Å². The number of unbranched alkanes of at least 4 members (excludes halogenated alkanes) is 1. The molecule has 0 aromatic rings. The lowest BCUT2D eigenvalue weighted by molar-refractivity contribution is 0.0966. The van der Waals surface area contributed by atoms with Crippen molar-refractivity contribution in [3.63, 3.8) is 0 Å². The van der Waals surface area contributed by atoms with Crippen LogP contribution in [0.2, 0.25) is 0 Å². The highest BCUT2D eigenvalue weighted by Crippen LogP contribution is 2.05. The van der Waals surface area contributed by atoms with E-state index < -0.39 is 0 Å². The van der Waals surface area contributed by atoms with E-state index in [1.807, 2.05) is 0 Å². The van der Waals surface area contributed by atoms with E-state index in [9.17, 15) is 0 Å². The van der Waals surface area contributed by atoms with Crippen molar-refractivity contribution >= 4 is 11.6 Å². The second-order valence-corrected chi connectivity index (χ2v) is 4.33. The van der Waals surface area contributed by atoms with Crippen LogP contribution in [0.15, 0.2) is 0 Å². The van der Waals surface area contributed by atoms with Gasteiger partial charge in [-0.15, -0.1) is 11.6 Å². The maximum absolute atomic E-state index is 5.55. The fourth-order valence-electron chi connectivity index (χ4n) is 1.51. The third-order valence-corrected chi connectivity index (χ3v) is 2.91. The fraction of sp³-hybridized carbons (Fsp3) is 1.00. The number of nitrogens with zero attached hydrogens (tertiary/aromatic N) is 1. The quantitative estimate of drug-likeness (QED) is 0.426. The van der Waals surface area contributed by atoms with E-state index in [0.29, 0.717) is 18.5 Å². The summed E-state index contributed by atoms with van der Waals surface area (Å²) in [6.45, 7) is 10.5. The van der Waals surface area contributed by atoms with Crippen LogP contribution in [-0.2, 0) is 4.74 Å². The summed E-state index contributed by atoms with van der Waals surface area (Å²) in [5, 5.41) is 0. The Morgan fingerprint density at radius 2 is 1.93 bits per heavy atom. The zero-order valence-electron chi connectivity index (χ0n) is 10.5. The zero-order chi connectivity index (χ0) is 11.5. The molecule has 3 heteroatoms. The first-order valence-electron chi connectivity index (χ1n) is 6.14. The van der Waals surface area contributed by atoms with Crippen LogP contribution in [0.5, 0.6) is 0 Å². The van der Waals surface area contributed by atoms with Crippen molar-refractivity contribution in [2.45, 2.75) is 46.1 Å². The maximum Gasteiger partial charge on any atom is 0.0602 e. The monoisotopic (exact) mass is 235 g/mol. The number of ether oxygens (including phenoxy) is 1. The van der Waals surface area contributed by atoms with Crippen LogP contribution in [-0.4, -0.2) is 43.1 Å². The van der Waals surface area contributed by atoms with Crippen LogP contribution < -0.4 is 0 Å². The van der Waals surface area contributed by atoms with E-state index in [1.54, 1.807) is 0 Å². The van der Waals surface area contributed by atoms with E-state index in [2.05, 4.69) is 25.7 Å². The van der Waals surface area contributed by atoms with E-state index in [4.69, 9.17) is 16.3 Å². The Labute approximate surface area is 99.9 Å². The summed E-state index contributed by atoms with van der Waals surface area (Å²) in [7, 11) is 0. The minimum Gasteiger partial charge on any atom is -0.379 e. The molecule has 0 N–H and O–H groups in total. The predicted octanol–water partition coefficient (Wildman–Crippen LogP) is 3.14. The molecular formula is C12H26ClNO. The smallest absolute Gasteiger partial charge is 0.0602 e. The molecule has 0 fully saturated rings. The first-order chi connectivity index (χ1) is 7.26. The lowest BCUT2D eigenvalue weighted by Crippen LogP contribution is -2.36. The lowest BCUT2D eigenvalue weighted by Gasteiger charge is -2.28. The number of halogens is 1. The molecule has 2 nitrogen and oxygen atoms in total. The first kappa shape index (κ1) is 15.2. The maximum atomic E-state index is 5.55. The van der Waals surface area contributed by atoms with Crippen LogP contribution in [0, 0.1) is 0 Å². The number of hydrogen-bond acceptors (Lipinski definition) is 2. The topological polar surface area (TPSA) is 12.5 Å². The van der Waals surface area contributed by atoms with Gasteiger partial charge in [0.05, 0.1) is 13.2 Å². The van der Waals surface area contributed by atoms with Crippen LogP contribution in [0.4, 0.5) is 0 Å². The van der Waals surface area contributed by atoms with Crippen LogP contribution in [0.3, 0.4) is 0 Å². The lowest BCUT2D eigenvalue weighted by atomic mass is 10.2. The van der Waals surface area contributed by atoms with Gasteiger partial charge in [-0.05, 0) is 26.3 Å². The molecule has 0 heterocycles. The third-order valence-electron chi connectivity index (χ3n) is 2.76. The number of rotatable bonds is 10. The Morgan fingerprint density at radius 1 is 1.20 bits per heavy atom. The molecule has 0 aliphatic rings. The predicted molar refractivity (Wildman–Crippen MR) is 67.8 cm³/mol. The van der Waals surface area contributed by atoms with Crippen molar-refractivity contribution in [1.29, 1.82) is 0 Å². The Bertz CT molecular complexity index is 133. The molecule has 0 bridgehead atoms. The average molecular weight is 236 g/mol. The number of alkyl halides is 1. The van der Waals surface area contributed by atoms with Crippen molar-refractivity contribution in [3.8, 4) is 0 Å². The molecule has 0 aliphatic heterocycles. The highest BCUT2D eigenvalue weighted by molar-refractivity contribution is 6.17. The fourth-order valence-corrected chi connectivity index (χ4v) is 1.62. The molecule has 92 valence electrons. The molecule has 0 aliphatic carbocycles. The molecule has 0 radical (unpaired) electrons. The zero-order valence-corrected chi connectivity index (χ0v) is 11.2. The molecule has 0 amide bonds. The first-order valence-corrected chi connectivity index (χ1v) is 6.67. The molecule has 0 aromatic heterocycles. The summed E-state index contributed by atoms with van der Waals surface area (Å²) in [5.74, 6) is 0.596. The van der Waals surface area contributed by atoms with Crippen LogP contribution >= 0.6 is 11.6 Å². The third kappa shape index (κ3) is 8.06. The molecular weight excluding hydrogens is 210 g/mol. The van der Waals surface area contributed by atoms with Crippen molar-refractivity contribution in [2.75, 3.05) is 32.2 Å². The van der Waals surface area contributed by atoms with Crippen molar-refractivity contribution < 1.29 is 4.74 Å². The van der Waals surface area contributed by atoms with E-state index in [-0.39, 0.29) is 0 Å². The molecule has 0 saturated carbocycles. The average Bonchev–Trinajstić information content (AvgIpc) is 2.27. The molecule has 1 unspecified atom stereocenters.